The summed E-state index contributed by atoms with van der Waals surface area (Å²) in [6, 6.07) is 0. The van der Waals surface area contributed by atoms with Gasteiger partial charge in [0, 0.05) is 19.4 Å². The standard InChI is InChI=1S/C51H96O5/c1-4-7-10-13-16-18-20-22-24-26-27-29-31-33-36-38-41-44-50(52)55-48-49(56-51(53)45-42-39-35-15-12-9-6-3)47-54-46-43-40-37-34-32-30-28-25-23-21-19-17-14-11-8-5-2/h22-25,49H,4-21,26-48H2,1-3H3/b24-22-,25-23-. The predicted octanol–water partition coefficient (Wildman–Crippen LogP) is 16.5. The highest BCUT2D eigenvalue weighted by Crippen LogP contribution is 2.14. The number of allylic oxidation sites excluding steroid dienone is 4. The minimum absolute atomic E-state index is 0.0857. The van der Waals surface area contributed by atoms with Crippen LogP contribution < -0.4 is 0 Å². The van der Waals surface area contributed by atoms with E-state index in [1.807, 2.05) is 0 Å². The Kier molecular flexibility index (Phi) is 46.4. The molecule has 0 aliphatic rings. The summed E-state index contributed by atoms with van der Waals surface area (Å²) in [7, 11) is 0. The van der Waals surface area contributed by atoms with Gasteiger partial charge in [-0.25, -0.2) is 0 Å². The van der Waals surface area contributed by atoms with Gasteiger partial charge >= 0.3 is 11.9 Å². The summed E-state index contributed by atoms with van der Waals surface area (Å²) in [5.74, 6) is -0.399. The van der Waals surface area contributed by atoms with Crippen LogP contribution in [0.2, 0.25) is 0 Å². The zero-order valence-electron chi connectivity index (χ0n) is 37.9. The Balaban J connectivity index is 4.11. The third-order valence-electron chi connectivity index (χ3n) is 11.0. The molecule has 5 heteroatoms. The van der Waals surface area contributed by atoms with Gasteiger partial charge in [-0.3, -0.25) is 9.59 Å². The van der Waals surface area contributed by atoms with Gasteiger partial charge in [-0.15, -0.1) is 0 Å². The first-order chi connectivity index (χ1) is 27.6. The average molecular weight is 789 g/mol. The molecular weight excluding hydrogens is 693 g/mol. The van der Waals surface area contributed by atoms with E-state index in [1.165, 1.54) is 193 Å². The Morgan fingerprint density at radius 3 is 1.09 bits per heavy atom. The number of carbonyl (C=O) groups is 2. The van der Waals surface area contributed by atoms with Crippen molar-refractivity contribution in [2.75, 3.05) is 19.8 Å². The Hall–Kier alpha value is -1.62. The van der Waals surface area contributed by atoms with Crippen molar-refractivity contribution >= 4 is 11.9 Å². The van der Waals surface area contributed by atoms with E-state index < -0.39 is 6.10 Å². The number of unbranched alkanes of at least 4 members (excludes halogenated alkanes) is 31. The third kappa shape index (κ3) is 45.1. The maximum absolute atomic E-state index is 12.6. The van der Waals surface area contributed by atoms with Crippen molar-refractivity contribution in [3.63, 3.8) is 0 Å². The first kappa shape index (κ1) is 54.4. The Morgan fingerprint density at radius 1 is 0.375 bits per heavy atom. The Bertz CT molecular complexity index is 851. The second kappa shape index (κ2) is 47.8. The lowest BCUT2D eigenvalue weighted by atomic mass is 10.1. The molecule has 0 saturated heterocycles. The van der Waals surface area contributed by atoms with Gasteiger partial charge in [0.1, 0.15) is 6.61 Å². The van der Waals surface area contributed by atoms with E-state index in [4.69, 9.17) is 14.2 Å². The maximum Gasteiger partial charge on any atom is 0.306 e. The lowest BCUT2D eigenvalue weighted by molar-refractivity contribution is -0.163. The zero-order chi connectivity index (χ0) is 40.7. The quantitative estimate of drug-likeness (QED) is 0.0349. The largest absolute Gasteiger partial charge is 0.462 e. The van der Waals surface area contributed by atoms with Gasteiger partial charge in [0.25, 0.3) is 0 Å². The summed E-state index contributed by atoms with van der Waals surface area (Å²) in [5.41, 5.74) is 0. The van der Waals surface area contributed by atoms with Crippen molar-refractivity contribution in [2.45, 2.75) is 271 Å². The summed E-state index contributed by atoms with van der Waals surface area (Å²) < 4.78 is 17.3. The molecule has 0 amide bonds. The van der Waals surface area contributed by atoms with Crippen LogP contribution in [0.5, 0.6) is 0 Å². The lowest BCUT2D eigenvalue weighted by Crippen LogP contribution is -2.30. The summed E-state index contributed by atoms with van der Waals surface area (Å²) in [6.07, 6.45) is 54.8. The van der Waals surface area contributed by atoms with Crippen molar-refractivity contribution in [1.82, 2.24) is 0 Å². The van der Waals surface area contributed by atoms with Crippen LogP contribution >= 0.6 is 0 Å². The predicted molar refractivity (Wildman–Crippen MR) is 242 cm³/mol. The second-order valence-corrected chi connectivity index (χ2v) is 16.7. The zero-order valence-corrected chi connectivity index (χ0v) is 37.9. The monoisotopic (exact) mass is 789 g/mol. The molecule has 0 N–H and O–H groups in total. The third-order valence-corrected chi connectivity index (χ3v) is 11.0. The van der Waals surface area contributed by atoms with Crippen LogP contribution in [0.4, 0.5) is 0 Å². The highest BCUT2D eigenvalue weighted by molar-refractivity contribution is 5.70. The number of hydrogen-bond acceptors (Lipinski definition) is 5. The van der Waals surface area contributed by atoms with Crippen LogP contribution in [-0.4, -0.2) is 37.9 Å². The number of ether oxygens (including phenoxy) is 3. The van der Waals surface area contributed by atoms with Gasteiger partial charge in [-0.05, 0) is 70.6 Å². The molecular formula is C51H96O5. The molecule has 56 heavy (non-hydrogen) atoms. The van der Waals surface area contributed by atoms with E-state index in [0.29, 0.717) is 19.4 Å². The lowest BCUT2D eigenvalue weighted by Gasteiger charge is -2.18. The van der Waals surface area contributed by atoms with E-state index in [0.717, 1.165) is 38.5 Å². The fourth-order valence-corrected chi connectivity index (χ4v) is 7.21. The van der Waals surface area contributed by atoms with E-state index in [9.17, 15) is 9.59 Å². The topological polar surface area (TPSA) is 61.8 Å². The molecule has 0 heterocycles. The SMILES string of the molecule is CCCCCCCC/C=C\CCCCCCCCCC(=O)OCC(COCCCCCCCC/C=C\CCCCCCCC)OC(=O)CCCCCCCCC. The summed E-state index contributed by atoms with van der Waals surface area (Å²) >= 11 is 0. The Morgan fingerprint density at radius 2 is 0.696 bits per heavy atom. The fourth-order valence-electron chi connectivity index (χ4n) is 7.21. The minimum atomic E-state index is -0.532. The second-order valence-electron chi connectivity index (χ2n) is 16.7. The normalized spacial score (nSPS) is 12.3. The van der Waals surface area contributed by atoms with Crippen molar-refractivity contribution in [2.24, 2.45) is 0 Å². The van der Waals surface area contributed by atoms with Crippen LogP contribution in [0, 0.1) is 0 Å². The number of esters is 2. The van der Waals surface area contributed by atoms with Crippen LogP contribution in [-0.2, 0) is 23.8 Å². The molecule has 0 saturated carbocycles. The maximum atomic E-state index is 12.6. The average Bonchev–Trinajstić information content (AvgIpc) is 3.20. The molecule has 0 fully saturated rings. The van der Waals surface area contributed by atoms with Gasteiger partial charge in [0.05, 0.1) is 6.61 Å². The molecule has 330 valence electrons. The van der Waals surface area contributed by atoms with Gasteiger partial charge in [0.15, 0.2) is 6.10 Å². The van der Waals surface area contributed by atoms with Gasteiger partial charge in [-0.1, -0.05) is 206 Å². The number of hydrogen-bond donors (Lipinski definition) is 0. The molecule has 0 rings (SSSR count). The Labute approximate surface area is 349 Å². The molecule has 0 aliphatic heterocycles. The summed E-state index contributed by atoms with van der Waals surface area (Å²) in [5, 5.41) is 0. The molecule has 0 aromatic rings. The smallest absolute Gasteiger partial charge is 0.306 e. The van der Waals surface area contributed by atoms with Crippen LogP contribution in [0.25, 0.3) is 0 Å². The molecule has 1 atom stereocenters. The number of rotatable bonds is 46. The highest BCUT2D eigenvalue weighted by atomic mass is 16.6. The van der Waals surface area contributed by atoms with Crippen LogP contribution in [0.15, 0.2) is 24.3 Å². The molecule has 0 aliphatic carbocycles. The van der Waals surface area contributed by atoms with E-state index in [1.54, 1.807) is 0 Å². The van der Waals surface area contributed by atoms with Gasteiger partial charge in [0.2, 0.25) is 0 Å². The summed E-state index contributed by atoms with van der Waals surface area (Å²) in [6.45, 7) is 7.80. The van der Waals surface area contributed by atoms with Gasteiger partial charge < -0.3 is 14.2 Å². The first-order valence-electron chi connectivity index (χ1n) is 24.9. The first-order valence-corrected chi connectivity index (χ1v) is 24.9. The van der Waals surface area contributed by atoms with E-state index in [-0.39, 0.29) is 25.2 Å². The highest BCUT2D eigenvalue weighted by Gasteiger charge is 2.17. The van der Waals surface area contributed by atoms with Crippen molar-refractivity contribution in [3.8, 4) is 0 Å². The van der Waals surface area contributed by atoms with Crippen LogP contribution in [0.1, 0.15) is 265 Å². The van der Waals surface area contributed by atoms with Gasteiger partial charge in [-0.2, -0.15) is 0 Å². The van der Waals surface area contributed by atoms with Crippen molar-refractivity contribution in [1.29, 1.82) is 0 Å². The molecule has 1 unspecified atom stereocenters. The molecule has 0 radical (unpaired) electrons. The van der Waals surface area contributed by atoms with Crippen LogP contribution in [0.3, 0.4) is 0 Å². The summed E-state index contributed by atoms with van der Waals surface area (Å²) in [4.78, 5) is 25.2. The number of carbonyl (C=O) groups excluding carboxylic acids is 2. The molecule has 0 aromatic heterocycles. The molecule has 0 spiro atoms. The van der Waals surface area contributed by atoms with Crippen molar-refractivity contribution < 1.29 is 23.8 Å². The van der Waals surface area contributed by atoms with E-state index in [2.05, 4.69) is 45.1 Å². The molecule has 0 aromatic carbocycles. The molecule has 0 bridgehead atoms. The molecule has 5 nitrogen and oxygen atoms in total. The van der Waals surface area contributed by atoms with E-state index >= 15 is 0 Å². The fraction of sp³-hybridized carbons (Fsp3) is 0.882. The minimum Gasteiger partial charge on any atom is -0.462 e. The van der Waals surface area contributed by atoms with Crippen molar-refractivity contribution in [3.05, 3.63) is 24.3 Å².